The van der Waals surface area contributed by atoms with Crippen LogP contribution in [-0.4, -0.2) is 30.7 Å². The molecule has 1 atom stereocenters. The summed E-state index contributed by atoms with van der Waals surface area (Å²) >= 11 is -0.0862. The Labute approximate surface area is 111 Å². The van der Waals surface area contributed by atoms with E-state index in [-0.39, 0.29) is 26.2 Å². The van der Waals surface area contributed by atoms with Crippen molar-refractivity contribution in [3.63, 3.8) is 0 Å². The number of piperidine rings is 1. The van der Waals surface area contributed by atoms with Crippen LogP contribution in [0.25, 0.3) is 9.65 Å². The van der Waals surface area contributed by atoms with Gasteiger partial charge in [0.2, 0.25) is 0 Å². The first-order chi connectivity index (χ1) is 8.63. The van der Waals surface area contributed by atoms with Crippen molar-refractivity contribution in [3.8, 4) is 0 Å². The average molecular weight is 309 g/mol. The van der Waals surface area contributed by atoms with E-state index in [1.807, 2.05) is 31.2 Å². The summed E-state index contributed by atoms with van der Waals surface area (Å²) in [5.74, 6) is -0.0169. The van der Waals surface area contributed by atoms with Crippen molar-refractivity contribution in [3.05, 3.63) is 34.6 Å². The van der Waals surface area contributed by atoms with Crippen molar-refractivity contribution in [1.82, 2.24) is 8.88 Å². The molecule has 0 radical (unpaired) electrons. The molecule has 1 aliphatic heterocycles. The molecule has 0 aliphatic carbocycles. The van der Waals surface area contributed by atoms with E-state index in [4.69, 9.17) is 0 Å². The van der Waals surface area contributed by atoms with Crippen LogP contribution in [0.5, 0.6) is 0 Å². The molecule has 1 unspecified atom stereocenters. The van der Waals surface area contributed by atoms with Gasteiger partial charge in [-0.15, -0.1) is 0 Å². The Morgan fingerprint density at radius 3 is 2.83 bits per heavy atom. The number of amides is 1. The summed E-state index contributed by atoms with van der Waals surface area (Å²) in [5.41, 5.74) is -0.668. The Morgan fingerprint density at radius 2 is 2.11 bits per heavy atom. The topological polar surface area (TPSA) is 51.1 Å². The fraction of sp³-hybridized carbons (Fsp3) is 0.385. The molecule has 0 saturated carbocycles. The molecule has 0 spiro atoms. The van der Waals surface area contributed by atoms with Crippen molar-refractivity contribution in [2.75, 3.05) is 6.54 Å². The molecule has 0 bridgehead atoms. The van der Waals surface area contributed by atoms with Gasteiger partial charge in [0.1, 0.15) is 0 Å². The molecule has 2 heterocycles. The van der Waals surface area contributed by atoms with Gasteiger partial charge in [-0.25, -0.2) is 0 Å². The second-order valence-electron chi connectivity index (χ2n) is 4.82. The third kappa shape index (κ3) is 1.58. The van der Waals surface area contributed by atoms with Crippen molar-refractivity contribution in [2.24, 2.45) is 0 Å². The molecule has 5 heteroatoms. The number of nitrogens with one attached hydrogen (secondary N) is 1. The van der Waals surface area contributed by atoms with E-state index in [9.17, 15) is 9.59 Å². The van der Waals surface area contributed by atoms with Crippen molar-refractivity contribution >= 4 is 30.3 Å². The first-order valence-corrected chi connectivity index (χ1v) is 7.65. The summed E-state index contributed by atoms with van der Waals surface area (Å²) < 4.78 is 2.86. The van der Waals surface area contributed by atoms with Crippen LogP contribution < -0.4 is 10.9 Å². The minimum absolute atomic E-state index is 0.00477. The third-order valence-corrected chi connectivity index (χ3v) is 6.29. The second kappa shape index (κ2) is 4.11. The van der Waals surface area contributed by atoms with Gasteiger partial charge in [0, 0.05) is 0 Å². The minimum atomic E-state index is -0.672. The van der Waals surface area contributed by atoms with Gasteiger partial charge in [0.25, 0.3) is 0 Å². The van der Waals surface area contributed by atoms with Crippen LogP contribution >= 0.6 is 0 Å². The van der Waals surface area contributed by atoms with E-state index < -0.39 is 5.54 Å². The van der Waals surface area contributed by atoms with Crippen molar-refractivity contribution < 1.29 is 4.79 Å². The molecule has 18 heavy (non-hydrogen) atoms. The number of nitrogens with zero attached hydrogens (tertiary/aromatic N) is 1. The maximum absolute atomic E-state index is 12.4. The quantitative estimate of drug-likeness (QED) is 0.788. The van der Waals surface area contributed by atoms with Gasteiger partial charge in [-0.3, -0.25) is 0 Å². The fourth-order valence-electron chi connectivity index (χ4n) is 2.43. The zero-order valence-corrected chi connectivity index (χ0v) is 11.8. The van der Waals surface area contributed by atoms with E-state index in [0.29, 0.717) is 0 Å². The zero-order valence-electron chi connectivity index (χ0n) is 10.1. The molecule has 1 aromatic carbocycles. The first-order valence-electron chi connectivity index (χ1n) is 6.03. The van der Waals surface area contributed by atoms with Crippen LogP contribution in [0.1, 0.15) is 19.8 Å². The van der Waals surface area contributed by atoms with Gasteiger partial charge in [-0.1, -0.05) is 0 Å². The Bertz CT molecular complexity index is 673. The van der Waals surface area contributed by atoms with E-state index >= 15 is 0 Å². The first kappa shape index (κ1) is 11.8. The number of carbonyl (C=O) groups excluding carboxylic acids is 1. The number of hydrogen-bond acceptors (Lipinski definition) is 2. The molecule has 1 aliphatic rings. The van der Waals surface area contributed by atoms with Gasteiger partial charge in [-0.2, -0.15) is 0 Å². The molecule has 1 saturated heterocycles. The monoisotopic (exact) mass is 310 g/mol. The van der Waals surface area contributed by atoms with E-state index in [2.05, 4.69) is 5.32 Å². The number of fused-ring (bicyclic) bond motifs is 1. The van der Waals surface area contributed by atoms with Crippen LogP contribution in [0, 0.1) is 0 Å². The van der Waals surface area contributed by atoms with Crippen LogP contribution in [0.4, 0.5) is 0 Å². The molecule has 1 amide bonds. The van der Waals surface area contributed by atoms with E-state index in [0.717, 1.165) is 29.0 Å². The normalized spacial score (nSPS) is 24.2. The Balaban J connectivity index is 2.22. The number of carbonyl (C=O) groups is 1. The van der Waals surface area contributed by atoms with Crippen LogP contribution in [0.15, 0.2) is 29.1 Å². The Morgan fingerprint density at radius 1 is 1.33 bits per heavy atom. The molecule has 94 valence electrons. The van der Waals surface area contributed by atoms with E-state index in [1.54, 1.807) is 3.56 Å². The van der Waals surface area contributed by atoms with Crippen LogP contribution in [0.2, 0.25) is 0 Å². The number of rotatable bonds is 1. The molecular weight excluding hydrogens is 295 g/mol. The van der Waals surface area contributed by atoms with Crippen LogP contribution in [-0.2, 0) is 10.3 Å². The Kier molecular flexibility index (Phi) is 2.68. The summed E-state index contributed by atoms with van der Waals surface area (Å²) in [5, 5.41) is 3.64. The van der Waals surface area contributed by atoms with Gasteiger partial charge < -0.3 is 0 Å². The summed E-state index contributed by atoms with van der Waals surface area (Å²) in [6.45, 7) is 2.60. The SMILES string of the molecule is CC1(n2[se]c3ccccc3c2=O)CCCNC1=O. The average Bonchev–Trinajstić information content (AvgIpc) is 2.72. The molecule has 4 nitrogen and oxygen atoms in total. The molecular formula is C13H14N2O2Se. The van der Waals surface area contributed by atoms with Gasteiger partial charge in [0.05, 0.1) is 0 Å². The summed E-state index contributed by atoms with van der Waals surface area (Å²) in [6.07, 6.45) is 1.68. The second-order valence-corrected chi connectivity index (χ2v) is 6.89. The summed E-state index contributed by atoms with van der Waals surface area (Å²) in [4.78, 5) is 24.5. The van der Waals surface area contributed by atoms with Gasteiger partial charge in [-0.05, 0) is 0 Å². The summed E-state index contributed by atoms with van der Waals surface area (Å²) in [7, 11) is 0. The maximum atomic E-state index is 12.4. The van der Waals surface area contributed by atoms with Crippen molar-refractivity contribution in [2.45, 2.75) is 25.3 Å². The summed E-state index contributed by atoms with van der Waals surface area (Å²) in [6, 6.07) is 7.65. The van der Waals surface area contributed by atoms with Crippen molar-refractivity contribution in [1.29, 1.82) is 0 Å². The predicted octanol–water partition coefficient (Wildman–Crippen LogP) is 0.684. The zero-order chi connectivity index (χ0) is 12.8. The molecule has 1 fully saturated rings. The standard InChI is InChI=1S/C13H14N2O2Se/c1-13(7-4-8-14-12(13)17)15-11(16)9-5-2-3-6-10(9)18-15/h2-3,5-6H,4,7-8H2,1H3,(H,14,17). The van der Waals surface area contributed by atoms with E-state index in [1.165, 1.54) is 0 Å². The Hall–Kier alpha value is -1.32. The van der Waals surface area contributed by atoms with Crippen LogP contribution in [0.3, 0.4) is 0 Å². The molecule has 3 rings (SSSR count). The molecule has 1 N–H and O–H groups in total. The predicted molar refractivity (Wildman–Crippen MR) is 71.0 cm³/mol. The molecule has 1 aromatic heterocycles. The third-order valence-electron chi connectivity index (χ3n) is 3.55. The molecule has 2 aromatic rings. The van der Waals surface area contributed by atoms with Gasteiger partial charge in [0.15, 0.2) is 0 Å². The number of benzene rings is 1. The fourth-order valence-corrected chi connectivity index (χ4v) is 4.84. The number of aromatic nitrogens is 1. The van der Waals surface area contributed by atoms with Gasteiger partial charge >= 0.3 is 110 Å². The number of hydrogen-bond donors (Lipinski definition) is 1.